The first-order valence-electron chi connectivity index (χ1n) is 8.08. The zero-order valence-corrected chi connectivity index (χ0v) is 13.5. The summed E-state index contributed by atoms with van der Waals surface area (Å²) in [5.41, 5.74) is 2.20. The number of nitrogens with one attached hydrogen (secondary N) is 2. The third kappa shape index (κ3) is 3.14. The summed E-state index contributed by atoms with van der Waals surface area (Å²) in [6.07, 6.45) is -0.391. The van der Waals surface area contributed by atoms with Crippen LogP contribution in [0, 0.1) is 0 Å². The average molecular weight is 364 g/mol. The van der Waals surface area contributed by atoms with Crippen LogP contribution in [0.4, 0.5) is 18.9 Å². The summed E-state index contributed by atoms with van der Waals surface area (Å²) in [4.78, 5) is 22.0. The summed E-state index contributed by atoms with van der Waals surface area (Å²) < 4.78 is 37.0. The number of aromatic nitrogens is 4. The smallest absolute Gasteiger partial charge is 0.368 e. The molecule has 4 rings (SSSR count). The van der Waals surface area contributed by atoms with Crippen LogP contribution in [0.15, 0.2) is 24.7 Å². The summed E-state index contributed by atoms with van der Waals surface area (Å²) in [5.74, 6) is -0.999. The van der Waals surface area contributed by atoms with Crippen LogP contribution in [0.1, 0.15) is 12.8 Å². The van der Waals surface area contributed by atoms with Gasteiger partial charge in [0.05, 0.1) is 23.6 Å². The fraction of sp³-hybridized carbons (Fsp3) is 0.375. The molecule has 136 valence electrons. The van der Waals surface area contributed by atoms with Gasteiger partial charge in [0, 0.05) is 36.1 Å². The Kier molecular flexibility index (Phi) is 3.89. The number of H-pyrrole nitrogens is 1. The van der Waals surface area contributed by atoms with Gasteiger partial charge in [-0.25, -0.2) is 9.97 Å². The number of rotatable bonds is 3. The topological polar surface area (TPSA) is 86.8 Å². The summed E-state index contributed by atoms with van der Waals surface area (Å²) in [6, 6.07) is 1.53. The van der Waals surface area contributed by atoms with Gasteiger partial charge in [-0.05, 0) is 12.5 Å². The van der Waals surface area contributed by atoms with Crippen LogP contribution in [0.3, 0.4) is 0 Å². The van der Waals surface area contributed by atoms with E-state index in [2.05, 4.69) is 25.5 Å². The lowest BCUT2D eigenvalue weighted by Gasteiger charge is -2.21. The predicted molar refractivity (Wildman–Crippen MR) is 88.6 cm³/mol. The van der Waals surface area contributed by atoms with Gasteiger partial charge in [0.2, 0.25) is 5.91 Å². The van der Waals surface area contributed by atoms with Gasteiger partial charge in [-0.1, -0.05) is 0 Å². The van der Waals surface area contributed by atoms with Crippen molar-refractivity contribution in [3.05, 3.63) is 24.7 Å². The lowest BCUT2D eigenvalue weighted by Crippen LogP contribution is -2.39. The van der Waals surface area contributed by atoms with Crippen LogP contribution in [-0.2, 0) is 4.79 Å². The molecule has 1 atom stereocenters. The van der Waals surface area contributed by atoms with Crippen molar-refractivity contribution in [3.63, 3.8) is 0 Å². The Morgan fingerprint density at radius 3 is 3.00 bits per heavy atom. The molecule has 3 aromatic heterocycles. The largest absolute Gasteiger partial charge is 0.397 e. The molecule has 0 radical (unpaired) electrons. The van der Waals surface area contributed by atoms with Gasteiger partial charge in [0.15, 0.2) is 5.65 Å². The molecule has 0 aromatic carbocycles. The van der Waals surface area contributed by atoms with Gasteiger partial charge in [0.25, 0.3) is 0 Å². The van der Waals surface area contributed by atoms with Crippen molar-refractivity contribution in [1.29, 1.82) is 0 Å². The zero-order valence-electron chi connectivity index (χ0n) is 13.5. The highest BCUT2D eigenvalue weighted by atomic mass is 19.4. The number of hydrogen-bond acceptors (Lipinski definition) is 5. The first-order valence-corrected chi connectivity index (χ1v) is 8.08. The number of fused-ring (bicyclic) bond motifs is 3. The van der Waals surface area contributed by atoms with E-state index in [0.29, 0.717) is 25.2 Å². The van der Waals surface area contributed by atoms with Crippen LogP contribution in [-0.4, -0.2) is 51.4 Å². The highest BCUT2D eigenvalue weighted by molar-refractivity contribution is 6.09. The number of pyridine rings is 1. The average Bonchev–Trinajstić information content (AvgIpc) is 3.21. The molecule has 0 bridgehead atoms. The van der Waals surface area contributed by atoms with Gasteiger partial charge < -0.3 is 10.2 Å². The van der Waals surface area contributed by atoms with E-state index >= 15 is 0 Å². The fourth-order valence-corrected chi connectivity index (χ4v) is 3.35. The Morgan fingerprint density at radius 1 is 1.35 bits per heavy atom. The molecule has 10 heteroatoms. The SMILES string of the molecule is O=C(CC(F)(F)F)NC1CCN(c2cn[nH]c3cnc4nccc4c23)C1. The minimum Gasteiger partial charge on any atom is -0.368 e. The number of alkyl halides is 3. The quantitative estimate of drug-likeness (QED) is 0.744. The molecule has 1 amide bonds. The van der Waals surface area contributed by atoms with Crippen LogP contribution in [0.5, 0.6) is 0 Å². The van der Waals surface area contributed by atoms with Gasteiger partial charge >= 0.3 is 6.18 Å². The summed E-state index contributed by atoms with van der Waals surface area (Å²) >= 11 is 0. The van der Waals surface area contributed by atoms with E-state index in [1.54, 1.807) is 18.6 Å². The fourth-order valence-electron chi connectivity index (χ4n) is 3.35. The monoisotopic (exact) mass is 364 g/mol. The molecule has 1 unspecified atom stereocenters. The summed E-state index contributed by atoms with van der Waals surface area (Å²) in [7, 11) is 0. The Labute approximate surface area is 145 Å². The van der Waals surface area contributed by atoms with Crippen LogP contribution < -0.4 is 10.2 Å². The molecular formula is C16H15F3N6O. The Morgan fingerprint density at radius 2 is 2.19 bits per heavy atom. The molecule has 0 aliphatic carbocycles. The van der Waals surface area contributed by atoms with Crippen molar-refractivity contribution in [3.8, 4) is 0 Å². The first-order chi connectivity index (χ1) is 12.4. The second-order valence-corrected chi connectivity index (χ2v) is 6.28. The lowest BCUT2D eigenvalue weighted by molar-refractivity contribution is -0.154. The molecule has 3 aromatic rings. The van der Waals surface area contributed by atoms with Crippen molar-refractivity contribution >= 4 is 33.5 Å². The van der Waals surface area contributed by atoms with E-state index in [4.69, 9.17) is 0 Å². The normalized spacial score (nSPS) is 18.0. The maximum absolute atomic E-state index is 12.3. The maximum Gasteiger partial charge on any atom is 0.397 e. The van der Waals surface area contributed by atoms with Gasteiger partial charge in [0.1, 0.15) is 6.42 Å². The summed E-state index contributed by atoms with van der Waals surface area (Å²) in [5, 5.41) is 11.3. The predicted octanol–water partition coefficient (Wildman–Crippen LogP) is 2.15. The number of anilines is 1. The van der Waals surface area contributed by atoms with Gasteiger partial charge in [-0.2, -0.15) is 18.3 Å². The molecule has 4 heterocycles. The van der Waals surface area contributed by atoms with E-state index in [1.165, 1.54) is 0 Å². The van der Waals surface area contributed by atoms with E-state index in [1.807, 2.05) is 11.0 Å². The Balaban J connectivity index is 1.58. The Hall–Kier alpha value is -2.91. The zero-order chi connectivity index (χ0) is 18.3. The molecule has 0 spiro atoms. The minimum absolute atomic E-state index is 0.334. The maximum atomic E-state index is 12.3. The van der Waals surface area contributed by atoms with E-state index in [-0.39, 0.29) is 6.04 Å². The highest BCUT2D eigenvalue weighted by Gasteiger charge is 2.33. The lowest BCUT2D eigenvalue weighted by atomic mass is 10.1. The molecule has 1 aliphatic rings. The Bertz CT molecular complexity index is 969. The molecule has 0 saturated carbocycles. The number of halogens is 3. The molecular weight excluding hydrogens is 349 g/mol. The van der Waals surface area contributed by atoms with Crippen molar-refractivity contribution in [2.24, 2.45) is 0 Å². The van der Waals surface area contributed by atoms with Crippen LogP contribution >= 0.6 is 0 Å². The number of nitrogens with zero attached hydrogens (tertiary/aromatic N) is 4. The van der Waals surface area contributed by atoms with Crippen LogP contribution in [0.2, 0.25) is 0 Å². The molecule has 2 N–H and O–H groups in total. The number of hydrogen-bond donors (Lipinski definition) is 2. The second-order valence-electron chi connectivity index (χ2n) is 6.28. The number of aromatic amines is 1. The third-order valence-corrected chi connectivity index (χ3v) is 4.42. The number of carbonyl (C=O) groups is 1. The number of amides is 1. The molecule has 1 aliphatic heterocycles. The first kappa shape index (κ1) is 16.6. The van der Waals surface area contributed by atoms with Gasteiger partial charge in [-0.3, -0.25) is 9.89 Å². The molecule has 1 fully saturated rings. The van der Waals surface area contributed by atoms with E-state index in [9.17, 15) is 18.0 Å². The molecule has 1 saturated heterocycles. The highest BCUT2D eigenvalue weighted by Crippen LogP contribution is 2.32. The van der Waals surface area contributed by atoms with Crippen molar-refractivity contribution in [2.45, 2.75) is 25.1 Å². The van der Waals surface area contributed by atoms with Gasteiger partial charge in [-0.15, -0.1) is 0 Å². The van der Waals surface area contributed by atoms with Crippen molar-refractivity contribution in [2.75, 3.05) is 18.0 Å². The van der Waals surface area contributed by atoms with Crippen molar-refractivity contribution < 1.29 is 18.0 Å². The third-order valence-electron chi connectivity index (χ3n) is 4.42. The minimum atomic E-state index is -4.50. The van der Waals surface area contributed by atoms with E-state index < -0.39 is 18.5 Å². The molecule has 26 heavy (non-hydrogen) atoms. The van der Waals surface area contributed by atoms with E-state index in [0.717, 1.165) is 22.0 Å². The van der Waals surface area contributed by atoms with Crippen molar-refractivity contribution in [1.82, 2.24) is 25.5 Å². The summed E-state index contributed by atoms with van der Waals surface area (Å²) in [6.45, 7) is 1.03. The van der Waals surface area contributed by atoms with Crippen LogP contribution in [0.25, 0.3) is 21.9 Å². The standard InChI is InChI=1S/C16H15F3N6O/c17-16(18,19)5-13(26)23-9-2-4-25(8-9)12-7-22-24-11-6-21-15-10(14(11)12)1-3-20-15/h1,3,6-7,9,24H,2,4-5,8H2,(H,23,26). The second kappa shape index (κ2) is 6.11. The molecule has 7 nitrogen and oxygen atoms in total. The number of carbonyl (C=O) groups excluding carboxylic acids is 1.